The lowest BCUT2D eigenvalue weighted by atomic mass is 9.83. The van der Waals surface area contributed by atoms with E-state index in [0.717, 1.165) is 56.8 Å². The highest BCUT2D eigenvalue weighted by atomic mass is 16.5. The van der Waals surface area contributed by atoms with E-state index >= 15 is 0 Å². The Kier molecular flexibility index (Phi) is 5.26. The Bertz CT molecular complexity index is 1720. The standard InChI is InChI=1S/C31H26O6/c1-35-19-7-9-20-16(12-19)4-5-17-13-26(33)24(15-23(17)20)29-22-8-6-18-14-27(34)30(36-2)31(37-3)28(18)21(22)10-11-25(29)32/h6-15,32-34H,4-5H2,1-3H3. The summed E-state index contributed by atoms with van der Waals surface area (Å²) in [5, 5.41) is 35.7. The summed E-state index contributed by atoms with van der Waals surface area (Å²) < 4.78 is 16.5. The maximum atomic E-state index is 11.2. The highest BCUT2D eigenvalue weighted by molar-refractivity contribution is 6.17. The van der Waals surface area contributed by atoms with Crippen LogP contribution >= 0.6 is 0 Å². The van der Waals surface area contributed by atoms with E-state index in [1.807, 2.05) is 36.4 Å². The van der Waals surface area contributed by atoms with Crippen LogP contribution in [-0.4, -0.2) is 36.6 Å². The van der Waals surface area contributed by atoms with Crippen LogP contribution in [0.25, 0.3) is 43.8 Å². The highest BCUT2D eigenvalue weighted by Crippen LogP contribution is 2.50. The van der Waals surface area contributed by atoms with Crippen molar-refractivity contribution < 1.29 is 29.5 Å². The van der Waals surface area contributed by atoms with E-state index in [4.69, 9.17) is 14.2 Å². The number of ether oxygens (including phenoxy) is 3. The van der Waals surface area contributed by atoms with Gasteiger partial charge < -0.3 is 29.5 Å². The SMILES string of the molecule is COc1ccc2c(c1)CCc1cc(O)c(-c3c(O)ccc4c3ccc3cc(O)c(OC)c(OC)c34)cc1-2. The maximum Gasteiger partial charge on any atom is 0.203 e. The number of benzene rings is 5. The lowest BCUT2D eigenvalue weighted by Crippen LogP contribution is -2.04. The van der Waals surface area contributed by atoms with Crippen LogP contribution in [-0.2, 0) is 12.8 Å². The van der Waals surface area contributed by atoms with Gasteiger partial charge in [-0.3, -0.25) is 0 Å². The van der Waals surface area contributed by atoms with Crippen molar-refractivity contribution in [3.8, 4) is 56.8 Å². The summed E-state index contributed by atoms with van der Waals surface area (Å²) in [6.07, 6.45) is 1.66. The molecule has 0 spiro atoms. The molecule has 0 heterocycles. The molecule has 5 aromatic rings. The van der Waals surface area contributed by atoms with Gasteiger partial charge in [-0.15, -0.1) is 0 Å². The van der Waals surface area contributed by atoms with Gasteiger partial charge in [0.2, 0.25) is 5.75 Å². The van der Waals surface area contributed by atoms with Gasteiger partial charge in [0, 0.05) is 16.5 Å². The van der Waals surface area contributed by atoms with Crippen LogP contribution in [0.1, 0.15) is 11.1 Å². The van der Waals surface area contributed by atoms with Gasteiger partial charge in [-0.1, -0.05) is 18.2 Å². The molecule has 0 unspecified atom stereocenters. The van der Waals surface area contributed by atoms with Gasteiger partial charge in [-0.05, 0) is 93.7 Å². The molecule has 6 nitrogen and oxygen atoms in total. The number of aromatic hydroxyl groups is 3. The first kappa shape index (κ1) is 22.9. The van der Waals surface area contributed by atoms with Gasteiger partial charge in [0.1, 0.15) is 17.2 Å². The zero-order valence-electron chi connectivity index (χ0n) is 20.8. The van der Waals surface area contributed by atoms with Crippen molar-refractivity contribution in [2.24, 2.45) is 0 Å². The van der Waals surface area contributed by atoms with Crippen molar-refractivity contribution in [2.75, 3.05) is 21.3 Å². The van der Waals surface area contributed by atoms with E-state index < -0.39 is 0 Å². The second-order valence-corrected chi connectivity index (χ2v) is 9.23. The molecule has 0 aromatic heterocycles. The number of hydrogen-bond donors (Lipinski definition) is 3. The number of fused-ring (bicyclic) bond motifs is 6. The molecule has 0 aliphatic heterocycles. The Morgan fingerprint density at radius 1 is 0.568 bits per heavy atom. The topological polar surface area (TPSA) is 88.4 Å². The minimum atomic E-state index is -0.0205. The van der Waals surface area contributed by atoms with Crippen molar-refractivity contribution in [1.29, 1.82) is 0 Å². The minimum absolute atomic E-state index is 0.0205. The molecule has 5 aromatic carbocycles. The molecule has 0 atom stereocenters. The van der Waals surface area contributed by atoms with Gasteiger partial charge in [0.15, 0.2) is 11.5 Å². The molecule has 0 saturated heterocycles. The highest BCUT2D eigenvalue weighted by Gasteiger charge is 2.23. The first-order valence-electron chi connectivity index (χ1n) is 12.0. The lowest BCUT2D eigenvalue weighted by molar-refractivity contribution is 0.336. The van der Waals surface area contributed by atoms with Crippen LogP contribution in [0.5, 0.6) is 34.5 Å². The van der Waals surface area contributed by atoms with E-state index in [-0.39, 0.29) is 23.0 Å². The molecule has 0 bridgehead atoms. The third-order valence-corrected chi connectivity index (χ3v) is 7.33. The number of rotatable bonds is 4. The number of phenols is 3. The van der Waals surface area contributed by atoms with Crippen molar-refractivity contribution in [3.63, 3.8) is 0 Å². The Labute approximate surface area is 213 Å². The fraction of sp³-hybridized carbons (Fsp3) is 0.161. The van der Waals surface area contributed by atoms with E-state index in [9.17, 15) is 15.3 Å². The lowest BCUT2D eigenvalue weighted by Gasteiger charge is -2.23. The Hall–Kier alpha value is -4.58. The normalized spacial score (nSPS) is 12.3. The van der Waals surface area contributed by atoms with Crippen molar-refractivity contribution >= 4 is 21.5 Å². The Morgan fingerprint density at radius 3 is 2.03 bits per heavy atom. The molecule has 3 N–H and O–H groups in total. The third-order valence-electron chi connectivity index (χ3n) is 7.33. The number of hydrogen-bond acceptors (Lipinski definition) is 6. The Balaban J connectivity index is 1.65. The summed E-state index contributed by atoms with van der Waals surface area (Å²) in [5.41, 5.74) is 5.43. The monoisotopic (exact) mass is 494 g/mol. The first-order chi connectivity index (χ1) is 17.9. The van der Waals surface area contributed by atoms with E-state index in [2.05, 4.69) is 6.07 Å². The summed E-state index contributed by atoms with van der Waals surface area (Å²) in [4.78, 5) is 0. The second-order valence-electron chi connectivity index (χ2n) is 9.23. The van der Waals surface area contributed by atoms with E-state index in [0.29, 0.717) is 16.9 Å². The van der Waals surface area contributed by atoms with Crippen molar-refractivity contribution in [2.45, 2.75) is 12.8 Å². The average molecular weight is 495 g/mol. The van der Waals surface area contributed by atoms with Crippen molar-refractivity contribution in [1.82, 2.24) is 0 Å². The summed E-state index contributed by atoms with van der Waals surface area (Å²) in [6.45, 7) is 0. The van der Waals surface area contributed by atoms with Crippen LogP contribution in [0.2, 0.25) is 0 Å². The zero-order chi connectivity index (χ0) is 25.8. The van der Waals surface area contributed by atoms with Gasteiger partial charge in [0.25, 0.3) is 0 Å². The smallest absolute Gasteiger partial charge is 0.203 e. The largest absolute Gasteiger partial charge is 0.507 e. The molecule has 0 fully saturated rings. The number of aryl methyl sites for hydroxylation is 2. The van der Waals surface area contributed by atoms with Crippen LogP contribution < -0.4 is 14.2 Å². The maximum absolute atomic E-state index is 11.2. The quantitative estimate of drug-likeness (QED) is 0.245. The molecule has 0 saturated carbocycles. The average Bonchev–Trinajstić information content (AvgIpc) is 2.91. The zero-order valence-corrected chi connectivity index (χ0v) is 20.8. The molecular weight excluding hydrogens is 468 g/mol. The minimum Gasteiger partial charge on any atom is -0.507 e. The van der Waals surface area contributed by atoms with Crippen LogP contribution in [0.4, 0.5) is 0 Å². The summed E-state index contributed by atoms with van der Waals surface area (Å²) >= 11 is 0. The van der Waals surface area contributed by atoms with Gasteiger partial charge in [-0.25, -0.2) is 0 Å². The first-order valence-corrected chi connectivity index (χ1v) is 12.0. The fourth-order valence-corrected chi connectivity index (χ4v) is 5.63. The molecular formula is C31H26O6. The number of phenolic OH excluding ortho intramolecular Hbond substituents is 3. The number of methoxy groups -OCH3 is 3. The summed E-state index contributed by atoms with van der Waals surface area (Å²) in [5.74, 6) is 1.59. The molecule has 1 aliphatic rings. The Morgan fingerprint density at radius 2 is 1.30 bits per heavy atom. The summed E-state index contributed by atoms with van der Waals surface area (Å²) in [6, 6.07) is 18.6. The third kappa shape index (κ3) is 3.40. The molecule has 37 heavy (non-hydrogen) atoms. The van der Waals surface area contributed by atoms with Crippen LogP contribution in [0, 0.1) is 0 Å². The van der Waals surface area contributed by atoms with Crippen LogP contribution in [0.15, 0.2) is 60.7 Å². The van der Waals surface area contributed by atoms with Gasteiger partial charge in [-0.2, -0.15) is 0 Å². The second kappa shape index (κ2) is 8.52. The summed E-state index contributed by atoms with van der Waals surface area (Å²) in [7, 11) is 4.66. The predicted octanol–water partition coefficient (Wildman–Crippen LogP) is 6.57. The van der Waals surface area contributed by atoms with Crippen molar-refractivity contribution in [3.05, 3.63) is 71.8 Å². The molecule has 0 radical (unpaired) electrons. The molecule has 186 valence electrons. The van der Waals surface area contributed by atoms with Crippen LogP contribution in [0.3, 0.4) is 0 Å². The van der Waals surface area contributed by atoms with E-state index in [1.165, 1.54) is 19.8 Å². The molecule has 6 heteroatoms. The van der Waals surface area contributed by atoms with Gasteiger partial charge in [0.05, 0.1) is 21.3 Å². The molecule has 6 rings (SSSR count). The molecule has 0 amide bonds. The molecule has 1 aliphatic carbocycles. The predicted molar refractivity (Wildman–Crippen MR) is 144 cm³/mol. The van der Waals surface area contributed by atoms with Gasteiger partial charge >= 0.3 is 0 Å². The van der Waals surface area contributed by atoms with E-state index in [1.54, 1.807) is 25.3 Å². The fourth-order valence-electron chi connectivity index (χ4n) is 5.63.